The lowest BCUT2D eigenvalue weighted by Crippen LogP contribution is -2.57. The predicted molar refractivity (Wildman–Crippen MR) is 116 cm³/mol. The maximum absolute atomic E-state index is 12.8. The number of carbonyl (C=O) groups excluding carboxylic acids is 2. The normalized spacial score (nSPS) is 16.1. The van der Waals surface area contributed by atoms with Crippen LogP contribution in [0.15, 0.2) is 30.3 Å². The van der Waals surface area contributed by atoms with Crippen molar-refractivity contribution in [1.82, 2.24) is 15.5 Å². The Bertz CT molecular complexity index is 636. The van der Waals surface area contributed by atoms with E-state index in [4.69, 9.17) is 9.47 Å². The van der Waals surface area contributed by atoms with Gasteiger partial charge in [-0.25, -0.2) is 0 Å². The highest BCUT2D eigenvalue weighted by Crippen LogP contribution is 2.15. The topological polar surface area (TPSA) is 79.9 Å². The van der Waals surface area contributed by atoms with E-state index in [-0.39, 0.29) is 24.0 Å². The average molecular weight is 424 g/mol. The van der Waals surface area contributed by atoms with Gasteiger partial charge in [0.05, 0.1) is 13.2 Å². The van der Waals surface area contributed by atoms with Crippen molar-refractivity contribution in [1.29, 1.82) is 0 Å². The Kier molecular flexibility index (Phi) is 9.76. The summed E-state index contributed by atoms with van der Waals surface area (Å²) in [5, 5.41) is 5.84. The first-order valence-electron chi connectivity index (χ1n) is 9.99. The maximum atomic E-state index is 12.8. The van der Waals surface area contributed by atoms with Gasteiger partial charge >= 0.3 is 0 Å². The Balaban J connectivity index is 1.84. The molecule has 2 rings (SSSR count). The van der Waals surface area contributed by atoms with Gasteiger partial charge in [0, 0.05) is 25.2 Å². The van der Waals surface area contributed by atoms with Crippen LogP contribution < -0.4 is 15.4 Å². The van der Waals surface area contributed by atoms with Crippen molar-refractivity contribution in [3.8, 4) is 5.75 Å². The van der Waals surface area contributed by atoms with Crippen molar-refractivity contribution >= 4 is 23.6 Å². The van der Waals surface area contributed by atoms with Gasteiger partial charge in [-0.05, 0) is 44.4 Å². The minimum Gasteiger partial charge on any atom is -0.484 e. The van der Waals surface area contributed by atoms with Gasteiger partial charge < -0.3 is 20.1 Å². The number of thioether (sulfide) groups is 1. The number of ether oxygens (including phenoxy) is 2. The van der Waals surface area contributed by atoms with Gasteiger partial charge in [0.15, 0.2) is 6.61 Å². The van der Waals surface area contributed by atoms with E-state index in [1.807, 2.05) is 24.5 Å². The van der Waals surface area contributed by atoms with E-state index in [1.54, 1.807) is 23.9 Å². The molecule has 7 nitrogen and oxygen atoms in total. The number of nitrogens with zero attached hydrogens (tertiary/aromatic N) is 1. The lowest BCUT2D eigenvalue weighted by molar-refractivity contribution is -0.130. The Labute approximate surface area is 177 Å². The number of para-hydroxylation sites is 1. The third-order valence-corrected chi connectivity index (χ3v) is 5.58. The van der Waals surface area contributed by atoms with Crippen LogP contribution in [0.4, 0.5) is 0 Å². The molecule has 2 N–H and O–H groups in total. The monoisotopic (exact) mass is 423 g/mol. The predicted octanol–water partition coefficient (Wildman–Crippen LogP) is 1.53. The first-order valence-corrected chi connectivity index (χ1v) is 11.4. The van der Waals surface area contributed by atoms with Gasteiger partial charge in [-0.2, -0.15) is 11.8 Å². The Morgan fingerprint density at radius 3 is 2.59 bits per heavy atom. The summed E-state index contributed by atoms with van der Waals surface area (Å²) < 4.78 is 10.9. The second-order valence-corrected chi connectivity index (χ2v) is 8.62. The first kappa shape index (κ1) is 23.5. The molecule has 1 heterocycles. The Morgan fingerprint density at radius 1 is 1.24 bits per heavy atom. The van der Waals surface area contributed by atoms with Crippen LogP contribution in [0.1, 0.15) is 20.3 Å². The Morgan fingerprint density at radius 2 is 1.93 bits per heavy atom. The van der Waals surface area contributed by atoms with Crippen molar-refractivity contribution < 1.29 is 19.1 Å². The van der Waals surface area contributed by atoms with Gasteiger partial charge in [-0.3, -0.25) is 14.5 Å². The minimum absolute atomic E-state index is 0.119. The largest absolute Gasteiger partial charge is 0.484 e. The summed E-state index contributed by atoms with van der Waals surface area (Å²) in [7, 11) is 0. The molecule has 1 atom stereocenters. The molecule has 0 unspecified atom stereocenters. The molecule has 2 amide bonds. The van der Waals surface area contributed by atoms with Crippen molar-refractivity contribution in [2.45, 2.75) is 31.8 Å². The van der Waals surface area contributed by atoms with E-state index in [0.29, 0.717) is 31.9 Å². The summed E-state index contributed by atoms with van der Waals surface area (Å²) in [5.74, 6) is 0.945. The van der Waals surface area contributed by atoms with E-state index in [9.17, 15) is 9.59 Å². The van der Waals surface area contributed by atoms with Crippen LogP contribution in [0.5, 0.6) is 5.75 Å². The van der Waals surface area contributed by atoms with Gasteiger partial charge in [-0.15, -0.1) is 0 Å². The first-order chi connectivity index (χ1) is 13.9. The van der Waals surface area contributed by atoms with E-state index in [1.165, 1.54) is 0 Å². The lowest BCUT2D eigenvalue weighted by atomic mass is 10.0. The number of amides is 2. The average Bonchev–Trinajstić information content (AvgIpc) is 2.75. The SMILES string of the molecule is CSCC[C@@H](NC(=O)COc1ccccc1)C(=O)NCC(C)(C)N1CCOCC1. The number of nitrogens with one attached hydrogen (secondary N) is 2. The highest BCUT2D eigenvalue weighted by atomic mass is 32.2. The van der Waals surface area contributed by atoms with Crippen molar-refractivity contribution in [2.24, 2.45) is 0 Å². The number of benzene rings is 1. The van der Waals surface area contributed by atoms with Gasteiger partial charge in [0.25, 0.3) is 5.91 Å². The third kappa shape index (κ3) is 8.24. The molecule has 0 bridgehead atoms. The molecule has 1 saturated heterocycles. The van der Waals surface area contributed by atoms with Gasteiger partial charge in [0.1, 0.15) is 11.8 Å². The van der Waals surface area contributed by atoms with Crippen LogP contribution >= 0.6 is 11.8 Å². The molecule has 1 fully saturated rings. The lowest BCUT2D eigenvalue weighted by Gasteiger charge is -2.41. The number of hydrogen-bond donors (Lipinski definition) is 2. The summed E-state index contributed by atoms with van der Waals surface area (Å²) in [6, 6.07) is 8.58. The van der Waals surface area contributed by atoms with Crippen LogP contribution in [-0.4, -0.2) is 79.8 Å². The van der Waals surface area contributed by atoms with Gasteiger partial charge in [-0.1, -0.05) is 18.2 Å². The molecular weight excluding hydrogens is 390 g/mol. The van der Waals surface area contributed by atoms with Crippen LogP contribution in [0.2, 0.25) is 0 Å². The summed E-state index contributed by atoms with van der Waals surface area (Å²) in [5.41, 5.74) is -0.177. The summed E-state index contributed by atoms with van der Waals surface area (Å²) in [6.07, 6.45) is 2.55. The minimum atomic E-state index is -0.574. The van der Waals surface area contributed by atoms with Crippen LogP contribution in [0.25, 0.3) is 0 Å². The second kappa shape index (κ2) is 12.0. The molecule has 0 spiro atoms. The molecular formula is C21H33N3O4S. The summed E-state index contributed by atoms with van der Waals surface area (Å²) in [6.45, 7) is 7.75. The number of rotatable bonds is 11. The molecule has 29 heavy (non-hydrogen) atoms. The molecule has 0 saturated carbocycles. The van der Waals surface area contributed by atoms with Crippen LogP contribution in [-0.2, 0) is 14.3 Å². The highest BCUT2D eigenvalue weighted by Gasteiger charge is 2.30. The van der Waals surface area contributed by atoms with E-state index < -0.39 is 6.04 Å². The zero-order chi connectivity index (χ0) is 21.1. The van der Waals surface area contributed by atoms with Gasteiger partial charge in [0.2, 0.25) is 5.91 Å². The van der Waals surface area contributed by atoms with Crippen molar-refractivity contribution in [2.75, 3.05) is 51.5 Å². The zero-order valence-corrected chi connectivity index (χ0v) is 18.4. The summed E-state index contributed by atoms with van der Waals surface area (Å²) in [4.78, 5) is 27.4. The maximum Gasteiger partial charge on any atom is 0.258 e. The molecule has 162 valence electrons. The van der Waals surface area contributed by atoms with E-state index in [0.717, 1.165) is 18.8 Å². The Hall–Kier alpha value is -1.77. The van der Waals surface area contributed by atoms with Crippen LogP contribution in [0, 0.1) is 0 Å². The van der Waals surface area contributed by atoms with Crippen molar-refractivity contribution in [3.63, 3.8) is 0 Å². The standard InChI is InChI=1S/C21H33N3O4S/c1-21(2,24-10-12-27-13-11-24)16-22-20(26)18(9-14-29-3)23-19(25)15-28-17-7-5-4-6-8-17/h4-8,18H,9-16H2,1-3H3,(H,22,26)(H,23,25)/t18-/m1/s1. The highest BCUT2D eigenvalue weighted by molar-refractivity contribution is 7.98. The third-order valence-electron chi connectivity index (χ3n) is 4.94. The fraction of sp³-hybridized carbons (Fsp3) is 0.619. The molecule has 1 aromatic carbocycles. The van der Waals surface area contributed by atoms with E-state index >= 15 is 0 Å². The fourth-order valence-electron chi connectivity index (χ4n) is 3.11. The molecule has 0 aromatic heterocycles. The number of morpholine rings is 1. The molecule has 0 aliphatic carbocycles. The summed E-state index contributed by atoms with van der Waals surface area (Å²) >= 11 is 1.65. The molecule has 1 aromatic rings. The van der Waals surface area contributed by atoms with Crippen molar-refractivity contribution in [3.05, 3.63) is 30.3 Å². The molecule has 8 heteroatoms. The number of hydrogen-bond acceptors (Lipinski definition) is 6. The molecule has 1 aliphatic rings. The quantitative estimate of drug-likeness (QED) is 0.562. The molecule has 0 radical (unpaired) electrons. The fourth-order valence-corrected chi connectivity index (χ4v) is 3.58. The second-order valence-electron chi connectivity index (χ2n) is 7.63. The smallest absolute Gasteiger partial charge is 0.258 e. The number of carbonyl (C=O) groups is 2. The zero-order valence-electron chi connectivity index (χ0n) is 17.6. The molecule has 1 aliphatic heterocycles. The van der Waals surface area contributed by atoms with Crippen LogP contribution in [0.3, 0.4) is 0 Å². The van der Waals surface area contributed by atoms with E-state index in [2.05, 4.69) is 29.4 Å².